The standard InChI is InChI=1S/C22H24N2O2/c1-17-6-8-18(9-7-17)14-23-12-2-4-20(23)15-24(22(25)19-10-11-19)16-21-5-3-13-26-21/h2-9,12-13,19H,10-11,14-16H2,1H3. The number of furan rings is 1. The zero-order chi connectivity index (χ0) is 17.9. The Labute approximate surface area is 154 Å². The van der Waals surface area contributed by atoms with Crippen molar-refractivity contribution in [1.29, 1.82) is 0 Å². The summed E-state index contributed by atoms with van der Waals surface area (Å²) >= 11 is 0. The van der Waals surface area contributed by atoms with E-state index in [2.05, 4.69) is 54.1 Å². The van der Waals surface area contributed by atoms with Crippen LogP contribution in [0.2, 0.25) is 0 Å². The van der Waals surface area contributed by atoms with Crippen LogP contribution in [-0.4, -0.2) is 15.4 Å². The second kappa shape index (κ2) is 7.24. The van der Waals surface area contributed by atoms with Crippen molar-refractivity contribution in [3.05, 3.63) is 83.6 Å². The van der Waals surface area contributed by atoms with Gasteiger partial charge in [0.05, 0.1) is 19.4 Å². The highest BCUT2D eigenvalue weighted by atomic mass is 16.3. The number of carbonyl (C=O) groups excluding carboxylic acids is 1. The van der Waals surface area contributed by atoms with E-state index in [9.17, 15) is 4.79 Å². The minimum absolute atomic E-state index is 0.200. The molecule has 26 heavy (non-hydrogen) atoms. The number of hydrogen-bond acceptors (Lipinski definition) is 2. The van der Waals surface area contributed by atoms with Crippen LogP contribution in [0.25, 0.3) is 0 Å². The minimum atomic E-state index is 0.200. The van der Waals surface area contributed by atoms with E-state index >= 15 is 0 Å². The number of rotatable bonds is 7. The van der Waals surface area contributed by atoms with Crippen LogP contribution in [0.5, 0.6) is 0 Å². The van der Waals surface area contributed by atoms with E-state index in [1.165, 1.54) is 11.1 Å². The van der Waals surface area contributed by atoms with E-state index in [1.54, 1.807) is 6.26 Å². The summed E-state index contributed by atoms with van der Waals surface area (Å²) in [6.45, 7) is 4.04. The fourth-order valence-electron chi connectivity index (χ4n) is 3.22. The molecule has 0 atom stereocenters. The van der Waals surface area contributed by atoms with Crippen molar-refractivity contribution in [2.45, 2.75) is 39.4 Å². The first-order valence-corrected chi connectivity index (χ1v) is 9.20. The lowest BCUT2D eigenvalue weighted by molar-refractivity contribution is -0.134. The number of aryl methyl sites for hydroxylation is 1. The fourth-order valence-corrected chi connectivity index (χ4v) is 3.22. The highest BCUT2D eigenvalue weighted by Gasteiger charge is 2.34. The van der Waals surface area contributed by atoms with Crippen molar-refractivity contribution in [3.8, 4) is 0 Å². The monoisotopic (exact) mass is 348 g/mol. The molecule has 3 aromatic rings. The third-order valence-electron chi connectivity index (χ3n) is 4.91. The molecule has 1 fully saturated rings. The first-order chi connectivity index (χ1) is 12.7. The average Bonchev–Trinajstić information content (AvgIpc) is 3.20. The van der Waals surface area contributed by atoms with Crippen LogP contribution in [0, 0.1) is 12.8 Å². The summed E-state index contributed by atoms with van der Waals surface area (Å²) in [7, 11) is 0. The minimum Gasteiger partial charge on any atom is -0.467 e. The Morgan fingerprint density at radius 1 is 1.12 bits per heavy atom. The topological polar surface area (TPSA) is 38.4 Å². The van der Waals surface area contributed by atoms with Gasteiger partial charge in [-0.15, -0.1) is 0 Å². The molecule has 4 rings (SSSR count). The molecule has 0 aliphatic heterocycles. The SMILES string of the molecule is Cc1ccc(Cn2cccc2CN(Cc2ccco2)C(=O)C2CC2)cc1. The molecule has 1 amide bonds. The van der Waals surface area contributed by atoms with Crippen LogP contribution < -0.4 is 0 Å². The number of nitrogens with zero attached hydrogens (tertiary/aromatic N) is 2. The Morgan fingerprint density at radius 2 is 1.92 bits per heavy atom. The van der Waals surface area contributed by atoms with E-state index in [1.807, 2.05) is 17.0 Å². The molecular weight excluding hydrogens is 324 g/mol. The average molecular weight is 348 g/mol. The summed E-state index contributed by atoms with van der Waals surface area (Å²) in [6.07, 6.45) is 5.77. The molecule has 1 aliphatic rings. The summed E-state index contributed by atoms with van der Waals surface area (Å²) in [5, 5.41) is 0. The predicted molar refractivity (Wildman–Crippen MR) is 100 cm³/mol. The van der Waals surface area contributed by atoms with Gasteiger partial charge in [0.1, 0.15) is 5.76 Å². The quantitative estimate of drug-likeness (QED) is 0.636. The maximum Gasteiger partial charge on any atom is 0.226 e. The summed E-state index contributed by atoms with van der Waals surface area (Å²) in [5.74, 6) is 1.27. The summed E-state index contributed by atoms with van der Waals surface area (Å²) in [6, 6.07) is 16.5. The van der Waals surface area contributed by atoms with Crippen LogP contribution in [0.3, 0.4) is 0 Å². The summed E-state index contributed by atoms with van der Waals surface area (Å²) in [5.41, 5.74) is 3.67. The van der Waals surface area contributed by atoms with Crippen molar-refractivity contribution < 1.29 is 9.21 Å². The Kier molecular flexibility index (Phi) is 4.65. The second-order valence-electron chi connectivity index (χ2n) is 7.16. The largest absolute Gasteiger partial charge is 0.467 e. The molecule has 4 heteroatoms. The highest BCUT2D eigenvalue weighted by molar-refractivity contribution is 5.81. The molecular formula is C22H24N2O2. The van der Waals surface area contributed by atoms with Crippen LogP contribution >= 0.6 is 0 Å². The smallest absolute Gasteiger partial charge is 0.226 e. The molecule has 4 nitrogen and oxygen atoms in total. The van der Waals surface area contributed by atoms with Crippen molar-refractivity contribution in [2.75, 3.05) is 0 Å². The van der Waals surface area contributed by atoms with Crippen LogP contribution in [-0.2, 0) is 24.4 Å². The van der Waals surface area contributed by atoms with E-state index in [0.717, 1.165) is 30.8 Å². The molecule has 0 bridgehead atoms. The number of aromatic nitrogens is 1. The molecule has 0 radical (unpaired) electrons. The van der Waals surface area contributed by atoms with Crippen molar-refractivity contribution >= 4 is 5.91 Å². The lowest BCUT2D eigenvalue weighted by Gasteiger charge is -2.23. The molecule has 134 valence electrons. The van der Waals surface area contributed by atoms with Gasteiger partial charge in [0.2, 0.25) is 5.91 Å². The van der Waals surface area contributed by atoms with E-state index in [0.29, 0.717) is 13.1 Å². The number of amides is 1. The van der Waals surface area contributed by atoms with Crippen molar-refractivity contribution in [2.24, 2.45) is 5.92 Å². The van der Waals surface area contributed by atoms with Gasteiger partial charge >= 0.3 is 0 Å². The predicted octanol–water partition coefficient (Wildman–Crippen LogP) is 4.38. The Morgan fingerprint density at radius 3 is 2.62 bits per heavy atom. The van der Waals surface area contributed by atoms with Gasteiger partial charge in [0.25, 0.3) is 0 Å². The molecule has 1 saturated carbocycles. The van der Waals surface area contributed by atoms with Gasteiger partial charge in [-0.25, -0.2) is 0 Å². The maximum atomic E-state index is 12.7. The second-order valence-corrected chi connectivity index (χ2v) is 7.16. The molecule has 1 aromatic carbocycles. The third kappa shape index (κ3) is 3.90. The molecule has 2 aromatic heterocycles. The number of carbonyl (C=O) groups is 1. The molecule has 2 heterocycles. The molecule has 1 aliphatic carbocycles. The van der Waals surface area contributed by atoms with Gasteiger partial charge < -0.3 is 13.9 Å². The van der Waals surface area contributed by atoms with Gasteiger partial charge in [-0.3, -0.25) is 4.79 Å². The van der Waals surface area contributed by atoms with Crippen molar-refractivity contribution in [3.63, 3.8) is 0 Å². The highest BCUT2D eigenvalue weighted by Crippen LogP contribution is 2.32. The number of benzene rings is 1. The summed E-state index contributed by atoms with van der Waals surface area (Å²) < 4.78 is 7.69. The van der Waals surface area contributed by atoms with E-state index in [-0.39, 0.29) is 11.8 Å². The molecule has 0 saturated heterocycles. The van der Waals surface area contributed by atoms with Crippen LogP contribution in [0.15, 0.2) is 65.4 Å². The van der Waals surface area contributed by atoms with E-state index < -0.39 is 0 Å². The molecule has 0 unspecified atom stereocenters. The van der Waals surface area contributed by atoms with Crippen LogP contribution in [0.4, 0.5) is 0 Å². The van der Waals surface area contributed by atoms with E-state index in [4.69, 9.17) is 4.42 Å². The Hall–Kier alpha value is -2.75. The molecule has 0 N–H and O–H groups in total. The number of hydrogen-bond donors (Lipinski definition) is 0. The van der Waals surface area contributed by atoms with Gasteiger partial charge in [-0.1, -0.05) is 29.8 Å². The van der Waals surface area contributed by atoms with Crippen LogP contribution in [0.1, 0.15) is 35.4 Å². The zero-order valence-electron chi connectivity index (χ0n) is 15.1. The Balaban J connectivity index is 1.51. The van der Waals surface area contributed by atoms with Gasteiger partial charge in [-0.05, 0) is 49.6 Å². The fraction of sp³-hybridized carbons (Fsp3) is 0.318. The first-order valence-electron chi connectivity index (χ1n) is 9.20. The Bertz CT molecular complexity index is 858. The normalized spacial score (nSPS) is 13.7. The lowest BCUT2D eigenvalue weighted by atomic mass is 10.1. The van der Waals surface area contributed by atoms with Gasteiger partial charge in [0.15, 0.2) is 0 Å². The zero-order valence-corrected chi connectivity index (χ0v) is 15.1. The van der Waals surface area contributed by atoms with Gasteiger partial charge in [-0.2, -0.15) is 0 Å². The summed E-state index contributed by atoms with van der Waals surface area (Å²) in [4.78, 5) is 14.7. The van der Waals surface area contributed by atoms with Gasteiger partial charge in [0, 0.05) is 24.4 Å². The third-order valence-corrected chi connectivity index (χ3v) is 4.91. The van der Waals surface area contributed by atoms with Crippen molar-refractivity contribution in [1.82, 2.24) is 9.47 Å². The molecule has 0 spiro atoms. The lowest BCUT2D eigenvalue weighted by Crippen LogP contribution is -2.32. The maximum absolute atomic E-state index is 12.7. The first kappa shape index (κ1) is 16.7.